The molecule has 1 amide bonds. The second-order valence-corrected chi connectivity index (χ2v) is 8.93. The highest BCUT2D eigenvalue weighted by atomic mass is 16.6. The first-order valence-corrected chi connectivity index (χ1v) is 11.5. The van der Waals surface area contributed by atoms with Gasteiger partial charge in [0.05, 0.1) is 0 Å². The second kappa shape index (κ2) is 13.9. The van der Waals surface area contributed by atoms with Crippen LogP contribution in [-0.4, -0.2) is 53.5 Å². The van der Waals surface area contributed by atoms with Crippen molar-refractivity contribution in [2.75, 3.05) is 19.6 Å². The Morgan fingerprint density at radius 2 is 1.94 bits per heavy atom. The number of rotatable bonds is 12. The smallest absolute Gasteiger partial charge is 0.407 e. The number of nitrogens with one attached hydrogen (secondary N) is 3. The number of guanidine groups is 1. The third-order valence-electron chi connectivity index (χ3n) is 4.30. The van der Waals surface area contributed by atoms with Crippen molar-refractivity contribution < 1.29 is 14.1 Å². The Kier molecular flexibility index (Phi) is 12.0. The van der Waals surface area contributed by atoms with Crippen LogP contribution in [0.4, 0.5) is 4.79 Å². The van der Waals surface area contributed by atoms with E-state index in [1.54, 1.807) is 0 Å². The van der Waals surface area contributed by atoms with Gasteiger partial charge in [0.1, 0.15) is 5.60 Å². The van der Waals surface area contributed by atoms with Crippen molar-refractivity contribution >= 4 is 12.1 Å². The molecule has 1 aromatic rings. The first kappa shape index (κ1) is 26.7. The number of carbonyl (C=O) groups excluding carboxylic acids is 1. The molecule has 1 aromatic heterocycles. The topological polar surface area (TPSA) is 114 Å². The van der Waals surface area contributed by atoms with Gasteiger partial charge in [0.2, 0.25) is 5.89 Å². The number of aryl methyl sites for hydroxylation is 1. The van der Waals surface area contributed by atoms with Gasteiger partial charge < -0.3 is 25.2 Å². The van der Waals surface area contributed by atoms with Gasteiger partial charge >= 0.3 is 6.09 Å². The lowest BCUT2D eigenvalue weighted by Crippen LogP contribution is -2.49. The largest absolute Gasteiger partial charge is 0.444 e. The third kappa shape index (κ3) is 12.2. The molecule has 0 radical (unpaired) electrons. The van der Waals surface area contributed by atoms with Gasteiger partial charge in [0, 0.05) is 38.0 Å². The number of carbonyl (C=O) groups is 1. The molecule has 1 heterocycles. The van der Waals surface area contributed by atoms with E-state index in [0.29, 0.717) is 25.4 Å². The molecular weight excluding hydrogens is 396 g/mol. The summed E-state index contributed by atoms with van der Waals surface area (Å²) >= 11 is 0. The van der Waals surface area contributed by atoms with Crippen LogP contribution in [0, 0.1) is 0 Å². The average molecular weight is 439 g/mol. The molecule has 0 bridgehead atoms. The van der Waals surface area contributed by atoms with Crippen LogP contribution in [0.5, 0.6) is 0 Å². The Balaban J connectivity index is 2.58. The molecule has 0 aromatic carbocycles. The lowest BCUT2D eigenvalue weighted by molar-refractivity contribution is 0.0522. The van der Waals surface area contributed by atoms with E-state index in [1.165, 1.54) is 0 Å². The minimum atomic E-state index is -0.513. The number of unbranched alkanes of at least 4 members (excludes halogenated alkanes) is 1. The zero-order valence-corrected chi connectivity index (χ0v) is 20.4. The van der Waals surface area contributed by atoms with Crippen molar-refractivity contribution in [2.24, 2.45) is 4.99 Å². The highest BCUT2D eigenvalue weighted by Gasteiger charge is 2.18. The Morgan fingerprint density at radius 1 is 1.19 bits per heavy atom. The summed E-state index contributed by atoms with van der Waals surface area (Å²) in [6, 6.07) is 0.0646. The summed E-state index contributed by atoms with van der Waals surface area (Å²) in [4.78, 5) is 21.1. The van der Waals surface area contributed by atoms with E-state index in [9.17, 15) is 4.79 Å². The molecule has 9 heteroatoms. The maximum atomic E-state index is 12.0. The molecule has 0 fully saturated rings. The Bertz CT molecular complexity index is 666. The summed E-state index contributed by atoms with van der Waals surface area (Å²) in [7, 11) is 0. The Labute approximate surface area is 187 Å². The van der Waals surface area contributed by atoms with E-state index < -0.39 is 11.7 Å². The van der Waals surface area contributed by atoms with Gasteiger partial charge in [-0.2, -0.15) is 4.98 Å². The van der Waals surface area contributed by atoms with Gasteiger partial charge in [-0.1, -0.05) is 38.8 Å². The van der Waals surface area contributed by atoms with E-state index in [0.717, 1.165) is 44.0 Å². The zero-order chi connectivity index (χ0) is 23.3. The molecule has 0 aliphatic heterocycles. The van der Waals surface area contributed by atoms with E-state index in [4.69, 9.17) is 9.26 Å². The van der Waals surface area contributed by atoms with Gasteiger partial charge in [-0.15, -0.1) is 0 Å². The number of amides is 1. The van der Waals surface area contributed by atoms with Crippen LogP contribution in [0.25, 0.3) is 0 Å². The van der Waals surface area contributed by atoms with Crippen LogP contribution < -0.4 is 16.0 Å². The predicted octanol–water partition coefficient (Wildman–Crippen LogP) is 3.76. The summed E-state index contributed by atoms with van der Waals surface area (Å²) in [6.45, 7) is 15.7. The summed E-state index contributed by atoms with van der Waals surface area (Å²) < 4.78 is 10.6. The molecule has 0 aliphatic rings. The first-order chi connectivity index (χ1) is 14.6. The second-order valence-electron chi connectivity index (χ2n) is 8.93. The number of aliphatic imine (C=N–C) groups is 1. The Morgan fingerprint density at radius 3 is 2.52 bits per heavy atom. The van der Waals surface area contributed by atoms with Crippen LogP contribution in [0.15, 0.2) is 9.52 Å². The molecule has 1 rings (SSSR count). The van der Waals surface area contributed by atoms with Gasteiger partial charge in [0.25, 0.3) is 0 Å². The number of nitrogens with zero attached hydrogens (tertiary/aromatic N) is 3. The molecule has 178 valence electrons. The maximum absolute atomic E-state index is 12.0. The van der Waals surface area contributed by atoms with E-state index in [-0.39, 0.29) is 12.0 Å². The van der Waals surface area contributed by atoms with Gasteiger partial charge in [-0.3, -0.25) is 4.99 Å². The molecule has 0 saturated carbocycles. The first-order valence-electron chi connectivity index (χ1n) is 11.5. The predicted molar refractivity (Wildman–Crippen MR) is 123 cm³/mol. The van der Waals surface area contributed by atoms with Crippen LogP contribution in [0.3, 0.4) is 0 Å². The molecule has 0 spiro atoms. The maximum Gasteiger partial charge on any atom is 0.407 e. The van der Waals surface area contributed by atoms with E-state index in [1.807, 2.05) is 41.5 Å². The highest BCUT2D eigenvalue weighted by molar-refractivity contribution is 5.80. The van der Waals surface area contributed by atoms with Crippen molar-refractivity contribution in [3.63, 3.8) is 0 Å². The van der Waals surface area contributed by atoms with E-state index in [2.05, 4.69) is 38.0 Å². The Hall–Kier alpha value is -2.32. The minimum absolute atomic E-state index is 0.0646. The van der Waals surface area contributed by atoms with Crippen LogP contribution in [0.2, 0.25) is 0 Å². The molecular formula is C22H42N6O3. The van der Waals surface area contributed by atoms with Crippen molar-refractivity contribution in [3.8, 4) is 0 Å². The number of alkyl carbamates (subject to hydrolysis) is 1. The van der Waals surface area contributed by atoms with Crippen LogP contribution >= 0.6 is 0 Å². The summed E-state index contributed by atoms with van der Waals surface area (Å²) in [6.07, 6.45) is 4.17. The fourth-order valence-corrected chi connectivity index (χ4v) is 2.74. The fraction of sp³-hybridized carbons (Fsp3) is 0.818. The van der Waals surface area contributed by atoms with Crippen LogP contribution in [0.1, 0.15) is 91.8 Å². The molecule has 1 atom stereocenters. The molecule has 1 unspecified atom stereocenters. The quantitative estimate of drug-likeness (QED) is 0.259. The molecule has 9 nitrogen and oxygen atoms in total. The molecule has 0 aliphatic carbocycles. The molecule has 0 saturated heterocycles. The normalized spacial score (nSPS) is 13.2. The highest BCUT2D eigenvalue weighted by Crippen LogP contribution is 2.10. The molecule has 3 N–H and O–H groups in total. The minimum Gasteiger partial charge on any atom is -0.444 e. The standard InChI is InChI=1S/C22H42N6O3/c1-8-10-12-17(15-25-21(29)30-22(5,6)7)26-20(23-9-2)24-14-11-13-18-27-19(16(3)4)28-31-18/h16-17H,8-15H2,1-7H3,(H,25,29)(H2,23,24,26). The summed E-state index contributed by atoms with van der Waals surface area (Å²) in [5, 5.41) is 13.6. The summed E-state index contributed by atoms with van der Waals surface area (Å²) in [5.74, 6) is 2.39. The zero-order valence-electron chi connectivity index (χ0n) is 20.4. The van der Waals surface area contributed by atoms with Crippen LogP contribution in [-0.2, 0) is 11.2 Å². The van der Waals surface area contributed by atoms with Crippen molar-refractivity contribution in [1.29, 1.82) is 0 Å². The summed E-state index contributed by atoms with van der Waals surface area (Å²) in [5.41, 5.74) is -0.513. The molecule has 31 heavy (non-hydrogen) atoms. The van der Waals surface area contributed by atoms with Gasteiger partial charge in [-0.25, -0.2) is 4.79 Å². The number of ether oxygens (including phenoxy) is 1. The third-order valence-corrected chi connectivity index (χ3v) is 4.30. The number of hydrogen-bond donors (Lipinski definition) is 3. The SMILES string of the molecule is CCCCC(CNC(=O)OC(C)(C)C)NC(=NCCCc1nc(C(C)C)no1)NCC. The van der Waals surface area contributed by atoms with Gasteiger partial charge in [0.15, 0.2) is 11.8 Å². The number of aromatic nitrogens is 2. The van der Waals surface area contributed by atoms with Gasteiger partial charge in [-0.05, 0) is 40.5 Å². The fourth-order valence-electron chi connectivity index (χ4n) is 2.74. The van der Waals surface area contributed by atoms with Crippen molar-refractivity contribution in [1.82, 2.24) is 26.1 Å². The number of hydrogen-bond acceptors (Lipinski definition) is 6. The monoisotopic (exact) mass is 438 g/mol. The van der Waals surface area contributed by atoms with Crippen molar-refractivity contribution in [2.45, 2.75) is 98.1 Å². The van der Waals surface area contributed by atoms with Crippen molar-refractivity contribution in [3.05, 3.63) is 11.7 Å². The van der Waals surface area contributed by atoms with E-state index >= 15 is 0 Å². The lowest BCUT2D eigenvalue weighted by Gasteiger charge is -2.24. The lowest BCUT2D eigenvalue weighted by atomic mass is 10.1. The average Bonchev–Trinajstić information content (AvgIpc) is 3.15.